The molecule has 7 heteroatoms. The van der Waals surface area contributed by atoms with Crippen LogP contribution in [-0.4, -0.2) is 17.6 Å². The lowest BCUT2D eigenvalue weighted by atomic mass is 11.1. The quantitative estimate of drug-likeness (QED) is 0.159. The molecule has 0 radical (unpaired) electrons. The van der Waals surface area contributed by atoms with Crippen molar-refractivity contribution < 1.29 is 9.76 Å². The first-order chi connectivity index (χ1) is 4.13. The van der Waals surface area contributed by atoms with Crippen molar-refractivity contribution in [1.82, 2.24) is 0 Å². The van der Waals surface area contributed by atoms with E-state index in [0.717, 1.165) is 0 Å². The van der Waals surface area contributed by atoms with Crippen LogP contribution in [0.25, 0.3) is 0 Å². The van der Waals surface area contributed by atoms with Crippen LogP contribution < -0.4 is 11.5 Å². The summed E-state index contributed by atoms with van der Waals surface area (Å²) in [7, 11) is 0. The number of rotatable bonds is 3. The van der Waals surface area contributed by atoms with E-state index in [1.807, 2.05) is 0 Å². The van der Waals surface area contributed by atoms with Gasteiger partial charge >= 0.3 is 6.73 Å². The Morgan fingerprint density at radius 1 is 1.78 bits per heavy atom. The molecule has 0 bridgehead atoms. The number of oxime groups is 1. The van der Waals surface area contributed by atoms with Gasteiger partial charge in [-0.1, -0.05) is 0 Å². The van der Waals surface area contributed by atoms with E-state index in [4.69, 9.17) is 11.5 Å². The Hall–Kier alpha value is -1.53. The van der Waals surface area contributed by atoms with E-state index in [-0.39, 0.29) is 5.96 Å². The van der Waals surface area contributed by atoms with Crippen molar-refractivity contribution in [3.05, 3.63) is 10.1 Å². The Morgan fingerprint density at radius 3 is 2.67 bits per heavy atom. The number of nitro groups is 1. The van der Waals surface area contributed by atoms with Crippen molar-refractivity contribution >= 4 is 5.96 Å². The van der Waals surface area contributed by atoms with Crippen LogP contribution in [0.1, 0.15) is 0 Å². The van der Waals surface area contributed by atoms with Crippen LogP contribution in [0.5, 0.6) is 0 Å². The second kappa shape index (κ2) is 3.47. The lowest BCUT2D eigenvalue weighted by Crippen LogP contribution is -2.23. The summed E-state index contributed by atoms with van der Waals surface area (Å²) in [5.74, 6) is -0.336. The number of nitrogens with zero attached hydrogens (tertiary/aromatic N) is 2. The van der Waals surface area contributed by atoms with Gasteiger partial charge in [0, 0.05) is 0 Å². The third-order valence-corrected chi connectivity index (χ3v) is 0.333. The zero-order valence-electron chi connectivity index (χ0n) is 4.48. The predicted octanol–water partition coefficient (Wildman–Crippen LogP) is -1.57. The fourth-order valence-electron chi connectivity index (χ4n) is 0.151. The monoisotopic (exact) mass is 134 g/mol. The van der Waals surface area contributed by atoms with Crippen LogP contribution in [0.15, 0.2) is 5.16 Å². The number of guanidine groups is 1. The topological polar surface area (TPSA) is 117 Å². The zero-order chi connectivity index (χ0) is 7.28. The summed E-state index contributed by atoms with van der Waals surface area (Å²) in [5.41, 5.74) is 9.52. The molecule has 0 saturated carbocycles. The Bertz CT molecular complexity index is 128. The summed E-state index contributed by atoms with van der Waals surface area (Å²) in [6.45, 7) is -0.724. The summed E-state index contributed by atoms with van der Waals surface area (Å²) in [6, 6.07) is 0. The van der Waals surface area contributed by atoms with Gasteiger partial charge in [0.2, 0.25) is 5.96 Å². The molecule has 0 saturated heterocycles. The molecular weight excluding hydrogens is 128 g/mol. The van der Waals surface area contributed by atoms with E-state index >= 15 is 0 Å². The number of nitrogens with two attached hydrogens (primary N) is 2. The molecule has 0 rings (SSSR count). The lowest BCUT2D eigenvalue weighted by molar-refractivity contribution is -0.526. The molecule has 0 fully saturated rings. The molecule has 0 aliphatic heterocycles. The minimum Gasteiger partial charge on any atom is -0.367 e. The van der Waals surface area contributed by atoms with E-state index in [1.165, 1.54) is 0 Å². The first kappa shape index (κ1) is 7.47. The van der Waals surface area contributed by atoms with Crippen LogP contribution in [0, 0.1) is 10.1 Å². The zero-order valence-corrected chi connectivity index (χ0v) is 4.48. The second-order valence-corrected chi connectivity index (χ2v) is 1.11. The Morgan fingerprint density at radius 2 is 2.33 bits per heavy atom. The normalized spacial score (nSPS) is 8.00. The van der Waals surface area contributed by atoms with Gasteiger partial charge in [-0.3, -0.25) is 10.1 Å². The molecule has 0 aromatic rings. The molecule has 0 aliphatic rings. The average Bonchev–Trinajstić information content (AvgIpc) is 1.63. The average molecular weight is 134 g/mol. The highest BCUT2D eigenvalue weighted by Crippen LogP contribution is 1.73. The minimum atomic E-state index is -0.724. The minimum absolute atomic E-state index is 0.336. The van der Waals surface area contributed by atoms with E-state index in [9.17, 15) is 10.1 Å². The van der Waals surface area contributed by atoms with Gasteiger partial charge in [-0.25, -0.2) is 0 Å². The maximum absolute atomic E-state index is 9.51. The third kappa shape index (κ3) is 6.47. The van der Waals surface area contributed by atoms with E-state index in [2.05, 4.69) is 9.99 Å². The van der Waals surface area contributed by atoms with Crippen molar-refractivity contribution in [2.24, 2.45) is 16.6 Å². The first-order valence-electron chi connectivity index (χ1n) is 1.95. The molecule has 52 valence electrons. The molecular formula is C2H6N4O3. The molecule has 0 amide bonds. The number of hydrogen-bond acceptors (Lipinski definition) is 4. The van der Waals surface area contributed by atoms with Crippen molar-refractivity contribution in [2.75, 3.05) is 6.73 Å². The Kier molecular flexibility index (Phi) is 2.88. The van der Waals surface area contributed by atoms with Gasteiger partial charge < -0.3 is 16.3 Å². The Balaban J connectivity index is 3.31. The molecule has 0 aromatic carbocycles. The van der Waals surface area contributed by atoms with Gasteiger partial charge in [-0.05, 0) is 5.16 Å². The highest BCUT2D eigenvalue weighted by molar-refractivity contribution is 5.74. The molecule has 0 atom stereocenters. The van der Waals surface area contributed by atoms with Crippen LogP contribution >= 0.6 is 0 Å². The van der Waals surface area contributed by atoms with Crippen LogP contribution in [0.4, 0.5) is 0 Å². The standard InChI is InChI=1S/C2H6N4O3/c3-2(4)5-9-1-6(7)8/h1H2,(H4,3,4,5). The van der Waals surface area contributed by atoms with E-state index < -0.39 is 11.7 Å². The summed E-state index contributed by atoms with van der Waals surface area (Å²) in [6.07, 6.45) is 0. The third-order valence-electron chi connectivity index (χ3n) is 0.333. The van der Waals surface area contributed by atoms with Gasteiger partial charge in [-0.2, -0.15) is 0 Å². The predicted molar refractivity (Wildman–Crippen MR) is 28.8 cm³/mol. The molecule has 0 unspecified atom stereocenters. The molecule has 7 nitrogen and oxygen atoms in total. The number of hydrogen-bond donors (Lipinski definition) is 2. The molecule has 0 spiro atoms. The van der Waals surface area contributed by atoms with Crippen LogP contribution in [0.3, 0.4) is 0 Å². The summed E-state index contributed by atoms with van der Waals surface area (Å²) in [4.78, 5) is 12.8. The summed E-state index contributed by atoms with van der Waals surface area (Å²) < 4.78 is 0. The summed E-state index contributed by atoms with van der Waals surface area (Å²) >= 11 is 0. The highest BCUT2D eigenvalue weighted by atomic mass is 16.7. The molecule has 0 aliphatic carbocycles. The highest BCUT2D eigenvalue weighted by Gasteiger charge is 1.91. The van der Waals surface area contributed by atoms with Gasteiger partial charge in [-0.15, -0.1) is 0 Å². The molecule has 9 heavy (non-hydrogen) atoms. The van der Waals surface area contributed by atoms with Crippen molar-refractivity contribution in [2.45, 2.75) is 0 Å². The fraction of sp³-hybridized carbons (Fsp3) is 0.500. The fourth-order valence-corrected chi connectivity index (χ4v) is 0.151. The van der Waals surface area contributed by atoms with E-state index in [1.54, 1.807) is 0 Å². The largest absolute Gasteiger partial charge is 0.367 e. The molecule has 0 heterocycles. The summed E-state index contributed by atoms with van der Waals surface area (Å²) in [5, 5.41) is 12.4. The smallest absolute Gasteiger partial charge is 0.366 e. The maximum atomic E-state index is 9.51. The van der Waals surface area contributed by atoms with Gasteiger partial charge in [0.25, 0.3) is 0 Å². The second-order valence-electron chi connectivity index (χ2n) is 1.11. The lowest BCUT2D eigenvalue weighted by Gasteiger charge is -1.89. The molecule has 4 N–H and O–H groups in total. The maximum Gasteiger partial charge on any atom is 0.366 e. The van der Waals surface area contributed by atoms with E-state index in [0.29, 0.717) is 0 Å². The van der Waals surface area contributed by atoms with Gasteiger partial charge in [0.1, 0.15) is 0 Å². The SMILES string of the molecule is NC(N)=NOC[N+](=O)[O-]. The molecule has 0 aromatic heterocycles. The Labute approximate surface area is 50.4 Å². The van der Waals surface area contributed by atoms with Gasteiger partial charge in [0.05, 0.1) is 4.92 Å². The first-order valence-corrected chi connectivity index (χ1v) is 1.95. The van der Waals surface area contributed by atoms with Crippen LogP contribution in [-0.2, 0) is 4.84 Å². The van der Waals surface area contributed by atoms with Crippen LogP contribution in [0.2, 0.25) is 0 Å². The van der Waals surface area contributed by atoms with Crippen molar-refractivity contribution in [3.63, 3.8) is 0 Å². The van der Waals surface area contributed by atoms with Gasteiger partial charge in [0.15, 0.2) is 0 Å². The van der Waals surface area contributed by atoms with Crippen molar-refractivity contribution in [1.29, 1.82) is 0 Å². The van der Waals surface area contributed by atoms with Crippen molar-refractivity contribution in [3.8, 4) is 0 Å².